The first-order valence-corrected chi connectivity index (χ1v) is 6.43. The molecule has 1 N–H and O–H groups in total. The Kier molecular flexibility index (Phi) is 4.39. The van der Waals surface area contributed by atoms with Crippen molar-refractivity contribution in [2.45, 2.75) is 50.6 Å². The van der Waals surface area contributed by atoms with Gasteiger partial charge in [-0.25, -0.2) is 0 Å². The van der Waals surface area contributed by atoms with Crippen molar-refractivity contribution >= 4 is 0 Å². The molecular formula is C12H23FN2. The topological polar surface area (TPSA) is 15.3 Å². The molecular weight excluding hydrogens is 191 g/mol. The summed E-state index contributed by atoms with van der Waals surface area (Å²) in [5, 5.41) is 3.57. The van der Waals surface area contributed by atoms with Crippen molar-refractivity contribution in [3.8, 4) is 0 Å². The number of piperidine rings is 1. The van der Waals surface area contributed by atoms with Gasteiger partial charge in [-0.3, -0.25) is 9.29 Å². The van der Waals surface area contributed by atoms with Gasteiger partial charge >= 0.3 is 0 Å². The Morgan fingerprint density at radius 1 is 1.20 bits per heavy atom. The minimum Gasteiger partial charge on any atom is -0.313 e. The highest BCUT2D eigenvalue weighted by molar-refractivity contribution is 4.87. The maximum absolute atomic E-state index is 12.2. The fraction of sp³-hybridized carbons (Fsp3) is 1.00. The van der Waals surface area contributed by atoms with Crippen LogP contribution in [0.2, 0.25) is 0 Å². The van der Waals surface area contributed by atoms with Crippen molar-refractivity contribution < 1.29 is 4.39 Å². The molecule has 2 fully saturated rings. The van der Waals surface area contributed by atoms with Crippen LogP contribution in [0.1, 0.15) is 38.5 Å². The molecule has 0 amide bonds. The molecule has 0 aromatic heterocycles. The first-order valence-electron chi connectivity index (χ1n) is 6.43. The lowest BCUT2D eigenvalue weighted by Gasteiger charge is -2.30. The Hall–Kier alpha value is -0.150. The van der Waals surface area contributed by atoms with Crippen LogP contribution in [0, 0.1) is 0 Å². The Balaban J connectivity index is 1.72. The van der Waals surface area contributed by atoms with Gasteiger partial charge in [0.2, 0.25) is 0 Å². The van der Waals surface area contributed by atoms with Crippen LogP contribution < -0.4 is 5.32 Å². The molecule has 88 valence electrons. The van der Waals surface area contributed by atoms with E-state index in [0.29, 0.717) is 12.5 Å². The van der Waals surface area contributed by atoms with Gasteiger partial charge in [0.1, 0.15) is 0 Å². The Morgan fingerprint density at radius 2 is 2.07 bits per heavy atom. The molecule has 0 spiro atoms. The molecule has 1 atom stereocenters. The number of hydrogen-bond acceptors (Lipinski definition) is 2. The lowest BCUT2D eigenvalue weighted by molar-refractivity contribution is 0.207. The van der Waals surface area contributed by atoms with Gasteiger partial charge in [-0.2, -0.15) is 0 Å². The minimum atomic E-state index is -0.165. The van der Waals surface area contributed by atoms with Crippen molar-refractivity contribution in [2.24, 2.45) is 0 Å². The van der Waals surface area contributed by atoms with E-state index >= 15 is 0 Å². The largest absolute Gasteiger partial charge is 0.313 e. The van der Waals surface area contributed by atoms with Gasteiger partial charge in [-0.15, -0.1) is 0 Å². The third-order valence-corrected chi connectivity index (χ3v) is 3.51. The van der Waals surface area contributed by atoms with Gasteiger partial charge in [0, 0.05) is 25.2 Å². The van der Waals surface area contributed by atoms with E-state index in [-0.39, 0.29) is 6.67 Å². The standard InChI is InChI=1S/C12H23FN2/c13-7-3-9-15(12-5-6-12)10-11-4-1-2-8-14-11/h11-12,14H,1-10H2. The first-order chi connectivity index (χ1) is 7.40. The van der Waals surface area contributed by atoms with Crippen LogP contribution in [0.15, 0.2) is 0 Å². The second-order valence-electron chi connectivity index (χ2n) is 4.92. The maximum Gasteiger partial charge on any atom is 0.0906 e. The van der Waals surface area contributed by atoms with Crippen molar-refractivity contribution in [1.82, 2.24) is 10.2 Å². The van der Waals surface area contributed by atoms with Gasteiger partial charge in [0.25, 0.3) is 0 Å². The molecule has 2 aliphatic rings. The predicted octanol–water partition coefficient (Wildman–Crippen LogP) is 1.95. The molecule has 0 bridgehead atoms. The number of halogens is 1. The second-order valence-corrected chi connectivity index (χ2v) is 4.92. The maximum atomic E-state index is 12.2. The van der Waals surface area contributed by atoms with E-state index < -0.39 is 0 Å². The quantitative estimate of drug-likeness (QED) is 0.727. The van der Waals surface area contributed by atoms with Gasteiger partial charge < -0.3 is 5.32 Å². The molecule has 1 aliphatic heterocycles. The number of alkyl halides is 1. The van der Waals surface area contributed by atoms with E-state index in [0.717, 1.165) is 19.1 Å². The van der Waals surface area contributed by atoms with E-state index in [1.807, 2.05) is 0 Å². The lowest BCUT2D eigenvalue weighted by atomic mass is 10.0. The Bertz CT molecular complexity index is 176. The second kappa shape index (κ2) is 5.80. The van der Waals surface area contributed by atoms with Gasteiger partial charge in [-0.1, -0.05) is 6.42 Å². The molecule has 0 aromatic rings. The molecule has 15 heavy (non-hydrogen) atoms. The molecule has 1 saturated carbocycles. The zero-order valence-electron chi connectivity index (χ0n) is 9.55. The highest BCUT2D eigenvalue weighted by Gasteiger charge is 2.30. The Morgan fingerprint density at radius 3 is 2.67 bits per heavy atom. The predicted molar refractivity (Wildman–Crippen MR) is 60.8 cm³/mol. The molecule has 1 aliphatic carbocycles. The molecule has 1 unspecified atom stereocenters. The normalized spacial score (nSPS) is 27.2. The molecule has 3 heteroatoms. The van der Waals surface area contributed by atoms with E-state index in [1.54, 1.807) is 0 Å². The monoisotopic (exact) mass is 214 g/mol. The average Bonchev–Trinajstić information content (AvgIpc) is 3.09. The molecule has 2 nitrogen and oxygen atoms in total. The van der Waals surface area contributed by atoms with Crippen LogP contribution in [0.25, 0.3) is 0 Å². The van der Waals surface area contributed by atoms with E-state index in [9.17, 15) is 4.39 Å². The highest BCUT2D eigenvalue weighted by atomic mass is 19.1. The van der Waals surface area contributed by atoms with Crippen LogP contribution in [-0.2, 0) is 0 Å². The molecule has 1 saturated heterocycles. The number of rotatable bonds is 6. The highest BCUT2D eigenvalue weighted by Crippen LogP contribution is 2.27. The van der Waals surface area contributed by atoms with Crippen molar-refractivity contribution in [1.29, 1.82) is 0 Å². The third kappa shape index (κ3) is 3.72. The summed E-state index contributed by atoms with van der Waals surface area (Å²) in [5.74, 6) is 0. The summed E-state index contributed by atoms with van der Waals surface area (Å²) in [4.78, 5) is 2.50. The van der Waals surface area contributed by atoms with Crippen LogP contribution in [0.5, 0.6) is 0 Å². The van der Waals surface area contributed by atoms with Gasteiger partial charge in [0.05, 0.1) is 6.67 Å². The smallest absolute Gasteiger partial charge is 0.0906 e. The average molecular weight is 214 g/mol. The van der Waals surface area contributed by atoms with Gasteiger partial charge in [0.15, 0.2) is 0 Å². The fourth-order valence-corrected chi connectivity index (χ4v) is 2.49. The van der Waals surface area contributed by atoms with E-state index in [1.165, 1.54) is 38.6 Å². The minimum absolute atomic E-state index is 0.165. The fourth-order valence-electron chi connectivity index (χ4n) is 2.49. The molecule has 2 rings (SSSR count). The third-order valence-electron chi connectivity index (χ3n) is 3.51. The molecule has 0 radical (unpaired) electrons. The summed E-state index contributed by atoms with van der Waals surface area (Å²) >= 11 is 0. The van der Waals surface area contributed by atoms with Crippen LogP contribution in [0.4, 0.5) is 4.39 Å². The van der Waals surface area contributed by atoms with Crippen LogP contribution in [0.3, 0.4) is 0 Å². The zero-order valence-corrected chi connectivity index (χ0v) is 9.55. The number of nitrogens with zero attached hydrogens (tertiary/aromatic N) is 1. The lowest BCUT2D eigenvalue weighted by Crippen LogP contribution is -2.44. The molecule has 0 aromatic carbocycles. The van der Waals surface area contributed by atoms with Gasteiger partial charge in [-0.05, 0) is 38.6 Å². The first kappa shape index (κ1) is 11.3. The SMILES string of the molecule is FCCCN(CC1CCCCN1)C1CC1. The van der Waals surface area contributed by atoms with Crippen molar-refractivity contribution in [3.05, 3.63) is 0 Å². The van der Waals surface area contributed by atoms with Crippen molar-refractivity contribution in [3.63, 3.8) is 0 Å². The summed E-state index contributed by atoms with van der Waals surface area (Å²) in [5.41, 5.74) is 0. The molecule has 1 heterocycles. The zero-order chi connectivity index (χ0) is 10.5. The van der Waals surface area contributed by atoms with Crippen molar-refractivity contribution in [2.75, 3.05) is 26.3 Å². The van der Waals surface area contributed by atoms with E-state index in [4.69, 9.17) is 0 Å². The summed E-state index contributed by atoms with van der Waals surface area (Å²) in [7, 11) is 0. The number of nitrogens with one attached hydrogen (secondary N) is 1. The van der Waals surface area contributed by atoms with E-state index in [2.05, 4.69) is 10.2 Å². The summed E-state index contributed by atoms with van der Waals surface area (Å²) in [6, 6.07) is 1.44. The summed E-state index contributed by atoms with van der Waals surface area (Å²) < 4.78 is 12.2. The summed E-state index contributed by atoms with van der Waals surface area (Å²) in [6.45, 7) is 3.11. The van der Waals surface area contributed by atoms with Crippen LogP contribution >= 0.6 is 0 Å². The number of hydrogen-bond donors (Lipinski definition) is 1. The van der Waals surface area contributed by atoms with Crippen LogP contribution in [-0.4, -0.2) is 43.3 Å². The summed E-state index contributed by atoms with van der Waals surface area (Å²) in [6.07, 6.45) is 7.36. The Labute approximate surface area is 92.2 Å².